The van der Waals surface area contributed by atoms with Gasteiger partial charge in [-0.2, -0.15) is 0 Å². The SMILES string of the molecule is CC(C)(C)[C@H](N)C(=O)NCC1COCCO1.Cl. The van der Waals surface area contributed by atoms with Gasteiger partial charge in [0.25, 0.3) is 0 Å². The third-order valence-corrected chi connectivity index (χ3v) is 2.60. The molecule has 0 radical (unpaired) electrons. The lowest BCUT2D eigenvalue weighted by Gasteiger charge is -2.28. The number of hydrogen-bond donors (Lipinski definition) is 2. The van der Waals surface area contributed by atoms with Crippen LogP contribution in [0, 0.1) is 5.41 Å². The molecule has 0 aromatic heterocycles. The van der Waals surface area contributed by atoms with E-state index in [4.69, 9.17) is 15.2 Å². The van der Waals surface area contributed by atoms with Gasteiger partial charge in [-0.05, 0) is 5.41 Å². The Labute approximate surface area is 109 Å². The van der Waals surface area contributed by atoms with Crippen LogP contribution in [-0.2, 0) is 14.3 Å². The van der Waals surface area contributed by atoms with Gasteiger partial charge >= 0.3 is 0 Å². The van der Waals surface area contributed by atoms with Crippen molar-refractivity contribution in [1.29, 1.82) is 0 Å². The summed E-state index contributed by atoms with van der Waals surface area (Å²) in [6, 6.07) is -0.503. The number of ether oxygens (including phenoxy) is 2. The van der Waals surface area contributed by atoms with Crippen LogP contribution in [0.2, 0.25) is 0 Å². The zero-order valence-electron chi connectivity index (χ0n) is 10.7. The molecule has 1 rings (SSSR count). The van der Waals surface area contributed by atoms with Crippen LogP contribution < -0.4 is 11.1 Å². The molecular weight excluding hydrogens is 244 g/mol. The predicted molar refractivity (Wildman–Crippen MR) is 68.2 cm³/mol. The van der Waals surface area contributed by atoms with Crippen LogP contribution in [0.25, 0.3) is 0 Å². The number of nitrogens with two attached hydrogens (primary N) is 1. The van der Waals surface area contributed by atoms with Gasteiger partial charge in [-0.3, -0.25) is 4.79 Å². The second-order valence-electron chi connectivity index (χ2n) is 5.16. The Hall–Kier alpha value is -0.360. The smallest absolute Gasteiger partial charge is 0.237 e. The highest BCUT2D eigenvalue weighted by Crippen LogP contribution is 2.17. The van der Waals surface area contributed by atoms with E-state index in [-0.39, 0.29) is 29.8 Å². The molecule has 102 valence electrons. The van der Waals surface area contributed by atoms with Crippen molar-refractivity contribution in [2.24, 2.45) is 11.1 Å². The maximum Gasteiger partial charge on any atom is 0.237 e. The Kier molecular flexibility index (Phi) is 7.01. The van der Waals surface area contributed by atoms with E-state index in [0.717, 1.165) is 0 Å². The minimum Gasteiger partial charge on any atom is -0.376 e. The average Bonchev–Trinajstić information content (AvgIpc) is 2.25. The summed E-state index contributed by atoms with van der Waals surface area (Å²) in [4.78, 5) is 11.7. The number of halogens is 1. The van der Waals surface area contributed by atoms with Crippen molar-refractivity contribution < 1.29 is 14.3 Å². The van der Waals surface area contributed by atoms with Crippen molar-refractivity contribution in [3.8, 4) is 0 Å². The molecule has 0 bridgehead atoms. The van der Waals surface area contributed by atoms with Gasteiger partial charge in [-0.25, -0.2) is 0 Å². The number of hydrogen-bond acceptors (Lipinski definition) is 4. The molecule has 1 heterocycles. The molecular formula is C11H23ClN2O3. The quantitative estimate of drug-likeness (QED) is 0.771. The van der Waals surface area contributed by atoms with E-state index in [9.17, 15) is 4.79 Å². The molecule has 0 aromatic carbocycles. The van der Waals surface area contributed by atoms with Crippen LogP contribution >= 0.6 is 12.4 Å². The van der Waals surface area contributed by atoms with Crippen LogP contribution in [0.3, 0.4) is 0 Å². The van der Waals surface area contributed by atoms with Gasteiger partial charge < -0.3 is 20.5 Å². The van der Waals surface area contributed by atoms with Crippen molar-refractivity contribution in [3.05, 3.63) is 0 Å². The maximum atomic E-state index is 11.7. The topological polar surface area (TPSA) is 73.6 Å². The van der Waals surface area contributed by atoms with Crippen LogP contribution in [-0.4, -0.2) is 44.4 Å². The zero-order valence-corrected chi connectivity index (χ0v) is 11.5. The Bertz CT molecular complexity index is 237. The molecule has 1 saturated heterocycles. The monoisotopic (exact) mass is 266 g/mol. The van der Waals surface area contributed by atoms with E-state index >= 15 is 0 Å². The van der Waals surface area contributed by atoms with Crippen LogP contribution in [0.4, 0.5) is 0 Å². The van der Waals surface area contributed by atoms with Crippen LogP contribution in [0.5, 0.6) is 0 Å². The number of nitrogens with one attached hydrogen (secondary N) is 1. The summed E-state index contributed by atoms with van der Waals surface area (Å²) in [7, 11) is 0. The van der Waals surface area contributed by atoms with Gasteiger partial charge in [0.05, 0.1) is 32.0 Å². The molecule has 0 aliphatic carbocycles. The predicted octanol–water partition coefficient (Wildman–Crippen LogP) is 0.313. The first-order valence-corrected chi connectivity index (χ1v) is 5.64. The minimum atomic E-state index is -0.503. The lowest BCUT2D eigenvalue weighted by Crippen LogP contribution is -2.51. The number of amides is 1. The summed E-state index contributed by atoms with van der Waals surface area (Å²) >= 11 is 0. The number of rotatable bonds is 3. The van der Waals surface area contributed by atoms with E-state index in [1.165, 1.54) is 0 Å². The molecule has 6 heteroatoms. The Morgan fingerprint density at radius 3 is 2.59 bits per heavy atom. The summed E-state index contributed by atoms with van der Waals surface area (Å²) in [5, 5.41) is 2.79. The van der Waals surface area contributed by atoms with Crippen molar-refractivity contribution in [2.45, 2.75) is 32.9 Å². The summed E-state index contributed by atoms with van der Waals surface area (Å²) in [5.41, 5.74) is 5.60. The fourth-order valence-electron chi connectivity index (χ4n) is 1.37. The molecule has 0 saturated carbocycles. The summed E-state index contributed by atoms with van der Waals surface area (Å²) in [6.45, 7) is 8.04. The van der Waals surface area contributed by atoms with Gasteiger partial charge in [0.15, 0.2) is 0 Å². The lowest BCUT2D eigenvalue weighted by atomic mass is 9.87. The lowest BCUT2D eigenvalue weighted by molar-refractivity contribution is -0.127. The minimum absolute atomic E-state index is 0. The van der Waals surface area contributed by atoms with E-state index in [1.54, 1.807) is 0 Å². The molecule has 2 atom stereocenters. The molecule has 0 aromatic rings. The summed E-state index contributed by atoms with van der Waals surface area (Å²) in [6.07, 6.45) is -0.0510. The van der Waals surface area contributed by atoms with E-state index < -0.39 is 6.04 Å². The van der Waals surface area contributed by atoms with E-state index in [2.05, 4.69) is 5.32 Å². The van der Waals surface area contributed by atoms with Gasteiger partial charge in [-0.15, -0.1) is 12.4 Å². The van der Waals surface area contributed by atoms with Crippen molar-refractivity contribution in [2.75, 3.05) is 26.4 Å². The highest BCUT2D eigenvalue weighted by Gasteiger charge is 2.27. The number of carbonyl (C=O) groups is 1. The van der Waals surface area contributed by atoms with Crippen molar-refractivity contribution >= 4 is 18.3 Å². The molecule has 17 heavy (non-hydrogen) atoms. The zero-order chi connectivity index (χ0) is 12.2. The van der Waals surface area contributed by atoms with Crippen molar-refractivity contribution in [3.63, 3.8) is 0 Å². The molecule has 1 unspecified atom stereocenters. The Balaban J connectivity index is 0.00000256. The first kappa shape index (κ1) is 16.6. The first-order valence-electron chi connectivity index (χ1n) is 5.64. The van der Waals surface area contributed by atoms with E-state index in [1.807, 2.05) is 20.8 Å². The largest absolute Gasteiger partial charge is 0.376 e. The molecule has 1 aliphatic heterocycles. The highest BCUT2D eigenvalue weighted by atomic mass is 35.5. The van der Waals surface area contributed by atoms with Crippen LogP contribution in [0.15, 0.2) is 0 Å². The fourth-order valence-corrected chi connectivity index (χ4v) is 1.37. The van der Waals surface area contributed by atoms with Gasteiger partial charge in [0.2, 0.25) is 5.91 Å². The summed E-state index contributed by atoms with van der Waals surface area (Å²) in [5.74, 6) is -0.137. The molecule has 0 spiro atoms. The summed E-state index contributed by atoms with van der Waals surface area (Å²) < 4.78 is 10.6. The third-order valence-electron chi connectivity index (χ3n) is 2.60. The fraction of sp³-hybridized carbons (Fsp3) is 0.909. The Morgan fingerprint density at radius 2 is 2.12 bits per heavy atom. The van der Waals surface area contributed by atoms with Crippen molar-refractivity contribution in [1.82, 2.24) is 5.32 Å². The first-order chi connectivity index (χ1) is 7.41. The van der Waals surface area contributed by atoms with Gasteiger partial charge in [0.1, 0.15) is 0 Å². The molecule has 5 nitrogen and oxygen atoms in total. The molecule has 1 fully saturated rings. The van der Waals surface area contributed by atoms with E-state index in [0.29, 0.717) is 26.4 Å². The van der Waals surface area contributed by atoms with Crippen LogP contribution in [0.1, 0.15) is 20.8 Å². The average molecular weight is 267 g/mol. The van der Waals surface area contributed by atoms with Gasteiger partial charge in [0, 0.05) is 6.54 Å². The maximum absolute atomic E-state index is 11.7. The highest BCUT2D eigenvalue weighted by molar-refractivity contribution is 5.85. The molecule has 1 aliphatic rings. The second kappa shape index (κ2) is 7.16. The molecule has 3 N–H and O–H groups in total. The van der Waals surface area contributed by atoms with Gasteiger partial charge in [-0.1, -0.05) is 20.8 Å². The Morgan fingerprint density at radius 1 is 1.47 bits per heavy atom. The standard InChI is InChI=1S/C11H22N2O3.ClH/c1-11(2,3)9(12)10(14)13-6-8-7-15-4-5-16-8;/h8-9H,4-7,12H2,1-3H3,(H,13,14);1H/t8?,9-;/m1./s1. The number of carbonyl (C=O) groups excluding carboxylic acids is 1. The third kappa shape index (κ3) is 5.68. The normalized spacial score (nSPS) is 22.5. The molecule has 1 amide bonds. The second-order valence-corrected chi connectivity index (χ2v) is 5.16.